The van der Waals surface area contributed by atoms with Crippen LogP contribution in [0.5, 0.6) is 0 Å². The average molecular weight is 556 g/mol. The smallest absolute Gasteiger partial charge is 0.372 e. The third-order valence-corrected chi connectivity index (χ3v) is 4.17. The fourth-order valence-corrected chi connectivity index (χ4v) is 1.97. The van der Waals surface area contributed by atoms with Gasteiger partial charge in [0.1, 0.15) is 12.7 Å². The molecule has 0 saturated carbocycles. The Balaban J connectivity index is 3.49. The Hall–Kier alpha value is -1.41. The van der Waals surface area contributed by atoms with E-state index in [0.29, 0.717) is 0 Å². The molecule has 1 atom stereocenters. The van der Waals surface area contributed by atoms with Gasteiger partial charge in [-0.2, -0.15) is 83.4 Å². The van der Waals surface area contributed by atoms with E-state index in [1.165, 1.54) is 0 Å². The van der Waals surface area contributed by atoms with Gasteiger partial charge in [0.15, 0.2) is 0 Å². The van der Waals surface area contributed by atoms with Crippen LogP contribution in [0.25, 0.3) is 0 Å². The molecule has 0 aromatic carbocycles. The van der Waals surface area contributed by atoms with Gasteiger partial charge < -0.3 is 9.47 Å². The maximum absolute atomic E-state index is 13.5. The van der Waals surface area contributed by atoms with Gasteiger partial charge in [-0.05, 0) is 0 Å². The number of halogens is 19. The maximum atomic E-state index is 13.5. The molecule has 1 aliphatic rings. The minimum Gasteiger partial charge on any atom is -0.372 e. The second-order valence-electron chi connectivity index (χ2n) is 6.69. The number of rotatable bonds is 11. The highest BCUT2D eigenvalue weighted by Gasteiger charge is 2.96. The molecule has 1 heterocycles. The highest BCUT2D eigenvalue weighted by atomic mass is 19.4. The van der Waals surface area contributed by atoms with Gasteiger partial charge >= 0.3 is 53.6 Å². The van der Waals surface area contributed by atoms with E-state index in [9.17, 15) is 83.4 Å². The summed E-state index contributed by atoms with van der Waals surface area (Å²) in [5.74, 6) is -66.6. The molecule has 1 aliphatic heterocycles. The van der Waals surface area contributed by atoms with Crippen molar-refractivity contribution in [3.05, 3.63) is 0 Å². The Morgan fingerprint density at radius 3 is 1.09 bits per heavy atom. The Labute approximate surface area is 173 Å². The van der Waals surface area contributed by atoms with Gasteiger partial charge in [-0.15, -0.1) is 0 Å². The lowest BCUT2D eigenvalue weighted by molar-refractivity contribution is -0.469. The predicted molar refractivity (Wildman–Crippen MR) is 66.2 cm³/mol. The van der Waals surface area contributed by atoms with Crippen molar-refractivity contribution in [3.8, 4) is 0 Å². The summed E-state index contributed by atoms with van der Waals surface area (Å²) in [6.07, 6.45) is -8.96. The fourth-order valence-electron chi connectivity index (χ4n) is 1.97. The summed E-state index contributed by atoms with van der Waals surface area (Å²) in [6.45, 7) is -4.31. The molecule has 0 radical (unpaired) electrons. The molecule has 34 heavy (non-hydrogen) atoms. The molecule has 0 aromatic rings. The molecule has 204 valence electrons. The molecule has 1 unspecified atom stereocenters. The zero-order chi connectivity index (χ0) is 27.6. The van der Waals surface area contributed by atoms with Crippen molar-refractivity contribution in [2.45, 2.75) is 59.7 Å². The van der Waals surface area contributed by atoms with Crippen LogP contribution in [-0.4, -0.2) is 79.5 Å². The molecule has 1 saturated heterocycles. The molecule has 1 fully saturated rings. The van der Waals surface area contributed by atoms with Gasteiger partial charge in [0.05, 0.1) is 13.2 Å². The summed E-state index contributed by atoms with van der Waals surface area (Å²) in [5, 5.41) is 0. The topological polar surface area (TPSA) is 21.8 Å². The molecule has 0 N–H and O–H groups in total. The molecule has 0 aromatic heterocycles. The van der Waals surface area contributed by atoms with Gasteiger partial charge in [0, 0.05) is 0 Å². The summed E-state index contributed by atoms with van der Waals surface area (Å²) in [5.41, 5.74) is 0. The van der Waals surface area contributed by atoms with E-state index >= 15 is 0 Å². The predicted octanol–water partition coefficient (Wildman–Crippen LogP) is 6.05. The van der Waals surface area contributed by atoms with Crippen LogP contribution >= 0.6 is 0 Å². The van der Waals surface area contributed by atoms with Crippen LogP contribution in [0.4, 0.5) is 83.4 Å². The molecular weight excluding hydrogens is 549 g/mol. The lowest BCUT2D eigenvalue weighted by Gasteiger charge is -2.43. The third kappa shape index (κ3) is 4.12. The van der Waals surface area contributed by atoms with Crippen LogP contribution in [0.1, 0.15) is 0 Å². The van der Waals surface area contributed by atoms with Gasteiger partial charge in [0.25, 0.3) is 0 Å². The Kier molecular flexibility index (Phi) is 7.25. The van der Waals surface area contributed by atoms with E-state index in [4.69, 9.17) is 0 Å². The van der Waals surface area contributed by atoms with Crippen molar-refractivity contribution in [2.75, 3.05) is 19.8 Å². The lowest BCUT2D eigenvalue weighted by atomic mass is 9.87. The summed E-state index contributed by atoms with van der Waals surface area (Å²) in [7, 11) is 0. The van der Waals surface area contributed by atoms with E-state index in [-0.39, 0.29) is 6.61 Å². The molecule has 21 heteroatoms. The number of ether oxygens (including phenoxy) is 2. The minimum absolute atomic E-state index is 0.242. The highest BCUT2D eigenvalue weighted by molar-refractivity contribution is 5.16. The van der Waals surface area contributed by atoms with Crippen molar-refractivity contribution in [1.82, 2.24) is 0 Å². The molecule has 0 amide bonds. The van der Waals surface area contributed by atoms with Crippen LogP contribution in [0.3, 0.4) is 0 Å². The SMILES string of the molecule is FC(F)(F)C(F)(F)C(F)(F)C(F)(F)C(F)(F)C(F)(F)C(F)(F)C(F)(F)C(F)(F)COCC1CO1. The Bertz CT molecular complexity index is 735. The van der Waals surface area contributed by atoms with Crippen LogP contribution in [-0.2, 0) is 9.47 Å². The first-order valence-corrected chi connectivity index (χ1v) is 7.86. The zero-order valence-electron chi connectivity index (χ0n) is 15.2. The van der Waals surface area contributed by atoms with E-state index in [1.807, 2.05) is 0 Å². The number of hydrogen-bond acceptors (Lipinski definition) is 2. The normalized spacial score (nSPS) is 20.0. The molecule has 2 nitrogen and oxygen atoms in total. The first-order chi connectivity index (χ1) is 14.6. The van der Waals surface area contributed by atoms with Crippen molar-refractivity contribution in [2.24, 2.45) is 0 Å². The lowest BCUT2D eigenvalue weighted by Crippen LogP contribution is -2.76. The van der Waals surface area contributed by atoms with Crippen LogP contribution < -0.4 is 0 Å². The van der Waals surface area contributed by atoms with Gasteiger partial charge in [0.2, 0.25) is 0 Å². The zero-order valence-corrected chi connectivity index (χ0v) is 15.2. The monoisotopic (exact) mass is 556 g/mol. The number of alkyl halides is 19. The minimum atomic E-state index is -8.91. The maximum Gasteiger partial charge on any atom is 0.460 e. The van der Waals surface area contributed by atoms with Gasteiger partial charge in [-0.3, -0.25) is 0 Å². The number of hydrogen-bond donors (Lipinski definition) is 0. The first-order valence-electron chi connectivity index (χ1n) is 7.86. The van der Waals surface area contributed by atoms with E-state index in [2.05, 4.69) is 9.47 Å². The summed E-state index contributed by atoms with van der Waals surface area (Å²) in [4.78, 5) is 0. The second-order valence-corrected chi connectivity index (χ2v) is 6.69. The number of epoxide rings is 1. The van der Waals surface area contributed by atoms with Gasteiger partial charge in [-0.25, -0.2) is 0 Å². The quantitative estimate of drug-likeness (QED) is 0.229. The molecule has 1 rings (SSSR count). The Morgan fingerprint density at radius 1 is 0.500 bits per heavy atom. The van der Waals surface area contributed by atoms with E-state index < -0.39 is 72.9 Å². The van der Waals surface area contributed by atoms with Crippen molar-refractivity contribution in [3.63, 3.8) is 0 Å². The summed E-state index contributed by atoms with van der Waals surface area (Å²) < 4.78 is 256. The van der Waals surface area contributed by atoms with Crippen molar-refractivity contribution < 1.29 is 92.9 Å². The fraction of sp³-hybridized carbons (Fsp3) is 1.00. The summed E-state index contributed by atoms with van der Waals surface area (Å²) >= 11 is 0. The largest absolute Gasteiger partial charge is 0.460 e. The van der Waals surface area contributed by atoms with Crippen LogP contribution in [0.15, 0.2) is 0 Å². The molecule has 0 bridgehead atoms. The molecular formula is C13H7F19O2. The van der Waals surface area contributed by atoms with E-state index in [1.54, 1.807) is 0 Å². The van der Waals surface area contributed by atoms with Crippen molar-refractivity contribution >= 4 is 0 Å². The standard InChI is InChI=1S/C13H7F19O2/c14-5(15,3-33-1-4-2-34-4)6(16,17)7(18,19)8(20,21)9(22,23)10(24,25)11(26,27)12(28,29)13(30,31)32/h4H,1-3H2. The third-order valence-electron chi connectivity index (χ3n) is 4.17. The van der Waals surface area contributed by atoms with E-state index in [0.717, 1.165) is 0 Å². The average Bonchev–Trinajstić information content (AvgIpc) is 3.43. The molecule has 0 spiro atoms. The first kappa shape index (κ1) is 30.6. The molecule has 0 aliphatic carbocycles. The van der Waals surface area contributed by atoms with Gasteiger partial charge in [-0.1, -0.05) is 0 Å². The Morgan fingerprint density at radius 2 is 0.794 bits per heavy atom. The summed E-state index contributed by atoms with van der Waals surface area (Å²) in [6, 6.07) is 0. The van der Waals surface area contributed by atoms with Crippen LogP contribution in [0, 0.1) is 0 Å². The second kappa shape index (κ2) is 8.05. The van der Waals surface area contributed by atoms with Crippen LogP contribution in [0.2, 0.25) is 0 Å². The highest BCUT2D eigenvalue weighted by Crippen LogP contribution is 2.65. The van der Waals surface area contributed by atoms with Crippen molar-refractivity contribution in [1.29, 1.82) is 0 Å².